The predicted molar refractivity (Wildman–Crippen MR) is 65.0 cm³/mol. The van der Waals surface area contributed by atoms with Crippen LogP contribution in [0.4, 0.5) is 0 Å². The van der Waals surface area contributed by atoms with Crippen LogP contribution in [0.15, 0.2) is 0 Å². The molecule has 90 valence electrons. The molecular formula is C13H27NO. The van der Waals surface area contributed by atoms with Crippen LogP contribution in [-0.4, -0.2) is 23.3 Å². The smallest absolute Gasteiger partial charge is 0.0743 e. The quantitative estimate of drug-likeness (QED) is 0.711. The van der Waals surface area contributed by atoms with Gasteiger partial charge in [0.15, 0.2) is 0 Å². The number of hydrogen-bond donors (Lipinski definition) is 2. The van der Waals surface area contributed by atoms with Gasteiger partial charge >= 0.3 is 0 Å². The van der Waals surface area contributed by atoms with Crippen LogP contribution in [0, 0.1) is 5.92 Å². The lowest BCUT2D eigenvalue weighted by atomic mass is 9.95. The molecule has 1 unspecified atom stereocenters. The highest BCUT2D eigenvalue weighted by atomic mass is 16.3. The van der Waals surface area contributed by atoms with Crippen molar-refractivity contribution in [2.75, 3.05) is 6.54 Å². The Labute approximate surface area is 94.5 Å². The molecule has 0 aliphatic heterocycles. The summed E-state index contributed by atoms with van der Waals surface area (Å²) >= 11 is 0. The molecule has 0 aromatic carbocycles. The lowest BCUT2D eigenvalue weighted by Gasteiger charge is -2.26. The summed E-state index contributed by atoms with van der Waals surface area (Å²) in [6.45, 7) is 7.13. The van der Waals surface area contributed by atoms with E-state index in [1.807, 2.05) is 6.92 Å². The molecule has 0 aromatic rings. The van der Waals surface area contributed by atoms with Gasteiger partial charge in [-0.3, -0.25) is 0 Å². The predicted octanol–water partition coefficient (Wildman–Crippen LogP) is 2.71. The Morgan fingerprint density at radius 3 is 2.47 bits per heavy atom. The second-order valence-corrected chi connectivity index (χ2v) is 5.79. The maximum absolute atomic E-state index is 10.2. The third-order valence-electron chi connectivity index (χ3n) is 3.39. The number of nitrogens with one attached hydrogen (secondary N) is 1. The Morgan fingerprint density at radius 1 is 1.33 bits per heavy atom. The molecule has 0 amide bonds. The fraction of sp³-hybridized carbons (Fsp3) is 1.00. The average Bonchev–Trinajstić information content (AvgIpc) is 2.65. The van der Waals surface area contributed by atoms with E-state index in [-0.39, 0.29) is 0 Å². The van der Waals surface area contributed by atoms with Crippen molar-refractivity contribution >= 4 is 0 Å². The zero-order valence-electron chi connectivity index (χ0n) is 10.6. The van der Waals surface area contributed by atoms with Gasteiger partial charge in [0.05, 0.1) is 5.60 Å². The zero-order valence-corrected chi connectivity index (χ0v) is 10.6. The molecule has 1 rings (SSSR count). The van der Waals surface area contributed by atoms with E-state index in [1.165, 1.54) is 25.7 Å². The summed E-state index contributed by atoms with van der Waals surface area (Å²) in [5.74, 6) is 0.683. The molecule has 15 heavy (non-hydrogen) atoms. The normalized spacial score (nSPS) is 22.2. The van der Waals surface area contributed by atoms with Crippen LogP contribution in [-0.2, 0) is 0 Å². The lowest BCUT2D eigenvalue weighted by molar-refractivity contribution is 0.0427. The third kappa shape index (κ3) is 5.53. The molecule has 1 fully saturated rings. The van der Waals surface area contributed by atoms with E-state index < -0.39 is 5.60 Å². The maximum Gasteiger partial charge on any atom is 0.0743 e. The highest BCUT2D eigenvalue weighted by Gasteiger charge is 2.23. The Balaban J connectivity index is 2.16. The summed E-state index contributed by atoms with van der Waals surface area (Å²) in [6.07, 6.45) is 7.31. The van der Waals surface area contributed by atoms with E-state index in [2.05, 4.69) is 19.2 Å². The van der Waals surface area contributed by atoms with Crippen molar-refractivity contribution < 1.29 is 5.11 Å². The van der Waals surface area contributed by atoms with Crippen molar-refractivity contribution in [3.63, 3.8) is 0 Å². The standard InChI is InChI=1S/C13H27NO/c1-11(2)8-9-13(3,15)10-14-12-6-4-5-7-12/h11-12,14-15H,4-10H2,1-3H3. The van der Waals surface area contributed by atoms with Crippen molar-refractivity contribution in [2.45, 2.75) is 70.9 Å². The first kappa shape index (κ1) is 13.0. The topological polar surface area (TPSA) is 32.3 Å². The van der Waals surface area contributed by atoms with Crippen LogP contribution in [0.1, 0.15) is 59.3 Å². The van der Waals surface area contributed by atoms with Gasteiger partial charge in [0, 0.05) is 12.6 Å². The van der Waals surface area contributed by atoms with Gasteiger partial charge in [0.1, 0.15) is 0 Å². The average molecular weight is 213 g/mol. The van der Waals surface area contributed by atoms with Crippen LogP contribution in [0.5, 0.6) is 0 Å². The van der Waals surface area contributed by atoms with Gasteiger partial charge in [-0.1, -0.05) is 26.7 Å². The van der Waals surface area contributed by atoms with E-state index in [0.717, 1.165) is 19.4 Å². The molecule has 0 saturated heterocycles. The van der Waals surface area contributed by atoms with Crippen molar-refractivity contribution in [1.82, 2.24) is 5.32 Å². The SMILES string of the molecule is CC(C)CCC(C)(O)CNC1CCCC1. The van der Waals surface area contributed by atoms with Crippen LogP contribution >= 0.6 is 0 Å². The van der Waals surface area contributed by atoms with Crippen LogP contribution in [0.25, 0.3) is 0 Å². The van der Waals surface area contributed by atoms with E-state index in [4.69, 9.17) is 0 Å². The molecule has 2 N–H and O–H groups in total. The van der Waals surface area contributed by atoms with Crippen LogP contribution in [0.3, 0.4) is 0 Å². The Bertz CT molecular complexity index is 171. The fourth-order valence-corrected chi connectivity index (χ4v) is 2.18. The first-order valence-electron chi connectivity index (χ1n) is 6.45. The molecule has 1 aliphatic carbocycles. The highest BCUT2D eigenvalue weighted by Crippen LogP contribution is 2.20. The molecule has 2 nitrogen and oxygen atoms in total. The van der Waals surface area contributed by atoms with Gasteiger partial charge in [-0.25, -0.2) is 0 Å². The highest BCUT2D eigenvalue weighted by molar-refractivity contribution is 4.81. The zero-order chi connectivity index (χ0) is 11.3. The van der Waals surface area contributed by atoms with Gasteiger partial charge in [-0.05, 0) is 38.5 Å². The molecular weight excluding hydrogens is 186 g/mol. The molecule has 1 atom stereocenters. The van der Waals surface area contributed by atoms with Gasteiger partial charge in [0.25, 0.3) is 0 Å². The van der Waals surface area contributed by atoms with Crippen molar-refractivity contribution in [3.8, 4) is 0 Å². The summed E-state index contributed by atoms with van der Waals surface area (Å²) in [4.78, 5) is 0. The minimum Gasteiger partial charge on any atom is -0.389 e. The Hall–Kier alpha value is -0.0800. The third-order valence-corrected chi connectivity index (χ3v) is 3.39. The van der Waals surface area contributed by atoms with Crippen molar-refractivity contribution in [1.29, 1.82) is 0 Å². The molecule has 0 heterocycles. The van der Waals surface area contributed by atoms with E-state index in [1.54, 1.807) is 0 Å². The Morgan fingerprint density at radius 2 is 1.93 bits per heavy atom. The molecule has 1 saturated carbocycles. The second kappa shape index (κ2) is 5.86. The summed E-state index contributed by atoms with van der Waals surface area (Å²) in [5.41, 5.74) is -0.521. The molecule has 1 aliphatic rings. The van der Waals surface area contributed by atoms with Crippen molar-refractivity contribution in [2.24, 2.45) is 5.92 Å². The van der Waals surface area contributed by atoms with E-state index in [9.17, 15) is 5.11 Å². The summed E-state index contributed by atoms with van der Waals surface area (Å²) in [5, 5.41) is 13.7. The first-order chi connectivity index (χ1) is 6.99. The van der Waals surface area contributed by atoms with Crippen LogP contribution in [0.2, 0.25) is 0 Å². The lowest BCUT2D eigenvalue weighted by Crippen LogP contribution is -2.41. The van der Waals surface area contributed by atoms with Crippen molar-refractivity contribution in [3.05, 3.63) is 0 Å². The maximum atomic E-state index is 10.2. The largest absolute Gasteiger partial charge is 0.389 e. The summed E-state index contributed by atoms with van der Waals surface area (Å²) in [6, 6.07) is 0.663. The van der Waals surface area contributed by atoms with Gasteiger partial charge in [-0.15, -0.1) is 0 Å². The summed E-state index contributed by atoms with van der Waals surface area (Å²) in [7, 11) is 0. The molecule has 0 radical (unpaired) electrons. The van der Waals surface area contributed by atoms with E-state index in [0.29, 0.717) is 12.0 Å². The fourth-order valence-electron chi connectivity index (χ4n) is 2.18. The molecule has 0 bridgehead atoms. The Kier molecular flexibility index (Phi) is 5.07. The van der Waals surface area contributed by atoms with Gasteiger partial charge in [0.2, 0.25) is 0 Å². The van der Waals surface area contributed by atoms with Gasteiger partial charge < -0.3 is 10.4 Å². The first-order valence-corrected chi connectivity index (χ1v) is 6.45. The molecule has 0 aromatic heterocycles. The number of aliphatic hydroxyl groups is 1. The minimum absolute atomic E-state index is 0.521. The number of rotatable bonds is 6. The van der Waals surface area contributed by atoms with E-state index >= 15 is 0 Å². The summed E-state index contributed by atoms with van der Waals surface area (Å²) < 4.78 is 0. The van der Waals surface area contributed by atoms with Crippen LogP contribution < -0.4 is 5.32 Å². The minimum atomic E-state index is -0.521. The monoisotopic (exact) mass is 213 g/mol. The molecule has 2 heteroatoms. The second-order valence-electron chi connectivity index (χ2n) is 5.79. The van der Waals surface area contributed by atoms with Gasteiger partial charge in [-0.2, -0.15) is 0 Å². The number of hydrogen-bond acceptors (Lipinski definition) is 2. The molecule has 0 spiro atoms.